The normalized spacial score (nSPS) is 11.7. The van der Waals surface area contributed by atoms with Gasteiger partial charge < -0.3 is 26.6 Å². The quantitative estimate of drug-likeness (QED) is 0.173. The van der Waals surface area contributed by atoms with E-state index in [1.807, 2.05) is 0 Å². The number of carbonyl (C=O) groups excluding carboxylic acids is 2. The van der Waals surface area contributed by atoms with Gasteiger partial charge in [-0.3, -0.25) is 19.7 Å². The van der Waals surface area contributed by atoms with Gasteiger partial charge in [0.2, 0.25) is 27.5 Å². The first-order valence-corrected chi connectivity index (χ1v) is 11.2. The smallest absolute Gasteiger partial charge is 0.373 e. The largest absolute Gasteiger partial charge is 0.480 e. The Bertz CT molecular complexity index is 1370. The van der Waals surface area contributed by atoms with E-state index in [4.69, 9.17) is 21.5 Å². The van der Waals surface area contributed by atoms with Crippen LogP contribution in [0.25, 0.3) is 0 Å². The van der Waals surface area contributed by atoms with Crippen LogP contribution < -0.4 is 21.5 Å². The molecule has 0 saturated carbocycles. The summed E-state index contributed by atoms with van der Waals surface area (Å²) >= 11 is 0. The number of nitro groups is 1. The second-order valence-electron chi connectivity index (χ2n) is 6.86. The Morgan fingerprint density at radius 1 is 1.31 bits per heavy atom. The van der Waals surface area contributed by atoms with Gasteiger partial charge in [0.05, 0.1) is 22.1 Å². The fraction of sp³-hybridized carbons (Fsp3) is 0.222. The van der Waals surface area contributed by atoms with E-state index in [1.165, 1.54) is 0 Å². The first kappa shape index (κ1) is 26.4. The van der Waals surface area contributed by atoms with Gasteiger partial charge in [-0.2, -0.15) is 15.2 Å². The molecular weight excluding hydrogens is 490 g/mol. The van der Waals surface area contributed by atoms with E-state index >= 15 is 0 Å². The first-order chi connectivity index (χ1) is 16.2. The van der Waals surface area contributed by atoms with Crippen LogP contribution in [0, 0.1) is 21.4 Å². The SMILES string of the molecule is CS(=O)(=O)c1nc(NC(CCC(N)=O)C(=O)O)c([N+](=O)[O-])c(Oc2ccc(C#N)c(C(N)=O)c2)n1. The summed E-state index contributed by atoms with van der Waals surface area (Å²) in [6.45, 7) is 0. The number of anilines is 1. The molecule has 0 fully saturated rings. The number of carbonyl (C=O) groups is 3. The lowest BCUT2D eigenvalue weighted by atomic mass is 10.1. The predicted molar refractivity (Wildman–Crippen MR) is 115 cm³/mol. The molecule has 6 N–H and O–H groups in total. The van der Waals surface area contributed by atoms with Gasteiger partial charge in [0.15, 0.2) is 0 Å². The number of carboxylic acid groups (broad SMARTS) is 1. The third kappa shape index (κ3) is 6.58. The van der Waals surface area contributed by atoms with Crippen LogP contribution in [-0.4, -0.2) is 58.5 Å². The van der Waals surface area contributed by atoms with Gasteiger partial charge in [0, 0.05) is 12.7 Å². The molecule has 1 heterocycles. The van der Waals surface area contributed by atoms with Crippen molar-refractivity contribution in [1.82, 2.24) is 9.97 Å². The maximum atomic E-state index is 12.1. The molecule has 16 nitrogen and oxygen atoms in total. The van der Waals surface area contributed by atoms with E-state index in [9.17, 15) is 38.0 Å². The zero-order valence-electron chi connectivity index (χ0n) is 17.8. The number of sulfone groups is 1. The number of amides is 2. The lowest BCUT2D eigenvalue weighted by Crippen LogP contribution is -2.31. The van der Waals surface area contributed by atoms with Crippen LogP contribution in [0.4, 0.5) is 11.5 Å². The molecule has 0 aliphatic rings. The van der Waals surface area contributed by atoms with Gasteiger partial charge in [-0.05, 0) is 24.6 Å². The third-order valence-corrected chi connectivity index (χ3v) is 5.07. The molecule has 2 amide bonds. The van der Waals surface area contributed by atoms with Crippen molar-refractivity contribution in [2.45, 2.75) is 24.0 Å². The molecule has 35 heavy (non-hydrogen) atoms. The number of primary amides is 2. The van der Waals surface area contributed by atoms with E-state index in [0.717, 1.165) is 18.2 Å². The Balaban J connectivity index is 2.69. The fourth-order valence-electron chi connectivity index (χ4n) is 2.63. The Kier molecular flexibility index (Phi) is 7.84. The number of nitriles is 1. The third-order valence-electron chi connectivity index (χ3n) is 4.23. The lowest BCUT2D eigenvalue weighted by molar-refractivity contribution is -0.385. The van der Waals surface area contributed by atoms with Crippen LogP contribution in [0.15, 0.2) is 23.4 Å². The minimum Gasteiger partial charge on any atom is -0.480 e. The monoisotopic (exact) mass is 507 g/mol. The molecule has 2 rings (SSSR count). The second-order valence-corrected chi connectivity index (χ2v) is 8.77. The first-order valence-electron chi connectivity index (χ1n) is 9.30. The van der Waals surface area contributed by atoms with Crippen molar-refractivity contribution in [1.29, 1.82) is 5.26 Å². The summed E-state index contributed by atoms with van der Waals surface area (Å²) in [4.78, 5) is 52.1. The number of benzene rings is 1. The van der Waals surface area contributed by atoms with Gasteiger partial charge >= 0.3 is 17.5 Å². The Morgan fingerprint density at radius 3 is 2.46 bits per heavy atom. The predicted octanol–water partition coefficient (Wildman–Crippen LogP) is -0.318. The average molecular weight is 507 g/mol. The summed E-state index contributed by atoms with van der Waals surface area (Å²) in [6.07, 6.45) is -0.128. The highest BCUT2D eigenvalue weighted by molar-refractivity contribution is 7.90. The van der Waals surface area contributed by atoms with Crippen LogP contribution in [0.1, 0.15) is 28.8 Å². The van der Waals surface area contributed by atoms with Crippen molar-refractivity contribution in [3.05, 3.63) is 39.4 Å². The molecule has 17 heteroatoms. The second kappa shape index (κ2) is 10.4. The number of ether oxygens (including phenoxy) is 1. The maximum absolute atomic E-state index is 12.1. The van der Waals surface area contributed by atoms with E-state index < -0.39 is 74.0 Å². The minimum absolute atomic E-state index is 0.125. The minimum atomic E-state index is -4.20. The van der Waals surface area contributed by atoms with Crippen molar-refractivity contribution in [2.75, 3.05) is 11.6 Å². The molecule has 1 aromatic heterocycles. The number of carboxylic acids is 1. The van der Waals surface area contributed by atoms with Gasteiger partial charge in [0.1, 0.15) is 11.8 Å². The lowest BCUT2D eigenvalue weighted by Gasteiger charge is -2.16. The van der Waals surface area contributed by atoms with Crippen LogP contribution in [-0.2, 0) is 19.4 Å². The van der Waals surface area contributed by atoms with Crippen LogP contribution in [0.5, 0.6) is 11.6 Å². The van der Waals surface area contributed by atoms with Gasteiger partial charge in [-0.15, -0.1) is 0 Å². The van der Waals surface area contributed by atoms with Crippen molar-refractivity contribution in [3.8, 4) is 17.7 Å². The van der Waals surface area contributed by atoms with Crippen molar-refractivity contribution >= 4 is 39.1 Å². The Hall–Kier alpha value is -4.85. The van der Waals surface area contributed by atoms with E-state index in [1.54, 1.807) is 6.07 Å². The maximum Gasteiger partial charge on any atom is 0.373 e. The molecule has 184 valence electrons. The van der Waals surface area contributed by atoms with Crippen LogP contribution in [0.2, 0.25) is 0 Å². The Morgan fingerprint density at radius 2 is 1.97 bits per heavy atom. The summed E-state index contributed by atoms with van der Waals surface area (Å²) < 4.78 is 29.5. The number of nitrogens with one attached hydrogen (secondary N) is 1. The van der Waals surface area contributed by atoms with Gasteiger partial charge in [0.25, 0.3) is 5.16 Å². The zero-order valence-corrected chi connectivity index (χ0v) is 18.6. The topological polar surface area (TPSA) is 272 Å². The number of rotatable bonds is 11. The number of nitrogens with two attached hydrogens (primary N) is 2. The van der Waals surface area contributed by atoms with Crippen LogP contribution >= 0.6 is 0 Å². The van der Waals surface area contributed by atoms with Crippen molar-refractivity contribution < 1.29 is 37.6 Å². The number of aliphatic carboxylic acids is 1. The van der Waals surface area contributed by atoms with E-state index in [-0.39, 0.29) is 16.9 Å². The highest BCUT2D eigenvalue weighted by Gasteiger charge is 2.32. The zero-order chi connectivity index (χ0) is 26.5. The molecule has 0 aliphatic heterocycles. The van der Waals surface area contributed by atoms with Gasteiger partial charge in [-0.25, -0.2) is 13.2 Å². The molecule has 0 bridgehead atoms. The van der Waals surface area contributed by atoms with E-state index in [0.29, 0.717) is 6.26 Å². The molecular formula is C18H17N7O9S. The average Bonchev–Trinajstić information content (AvgIpc) is 2.74. The molecule has 2 aromatic rings. The fourth-order valence-corrected chi connectivity index (χ4v) is 3.13. The number of hydrogen-bond donors (Lipinski definition) is 4. The molecule has 0 saturated heterocycles. The number of nitrogens with zero attached hydrogens (tertiary/aromatic N) is 4. The number of hydrogen-bond acceptors (Lipinski definition) is 12. The van der Waals surface area contributed by atoms with Gasteiger partial charge in [-0.1, -0.05) is 0 Å². The Labute approximate surface area is 196 Å². The van der Waals surface area contributed by atoms with E-state index in [2.05, 4.69) is 15.3 Å². The molecule has 1 aromatic carbocycles. The highest BCUT2D eigenvalue weighted by atomic mass is 32.2. The highest BCUT2D eigenvalue weighted by Crippen LogP contribution is 2.36. The molecule has 1 unspecified atom stereocenters. The standard InChI is InChI=1S/C18H17N7O9S/c1-35(32,33)18-23-15(22-11(17(28)29)4-5-12(20)26)13(25(30)31)16(24-18)34-9-3-2-8(7-19)10(6-9)14(21)27/h2-3,6,11H,4-5H2,1H3,(H2,20,26)(H2,21,27)(H,28,29)(H,22,23,24). The number of aromatic nitrogens is 2. The van der Waals surface area contributed by atoms with Crippen molar-refractivity contribution in [2.24, 2.45) is 11.5 Å². The van der Waals surface area contributed by atoms with Crippen molar-refractivity contribution in [3.63, 3.8) is 0 Å². The summed E-state index contributed by atoms with van der Waals surface area (Å²) in [5, 5.41) is 31.5. The summed E-state index contributed by atoms with van der Waals surface area (Å²) in [5.41, 5.74) is 8.76. The molecule has 1 atom stereocenters. The van der Waals surface area contributed by atoms with Crippen LogP contribution in [0.3, 0.4) is 0 Å². The molecule has 0 radical (unpaired) electrons. The summed E-state index contributed by atoms with van der Waals surface area (Å²) in [7, 11) is -4.20. The molecule has 0 spiro atoms. The summed E-state index contributed by atoms with van der Waals surface area (Å²) in [6, 6.07) is 3.33. The molecule has 0 aliphatic carbocycles. The summed E-state index contributed by atoms with van der Waals surface area (Å²) in [5.74, 6) is -5.44.